The molecule has 0 bridgehead atoms. The van der Waals surface area contributed by atoms with E-state index in [1.807, 2.05) is 0 Å². The standard InChI is InChI=1S/C13H16FNO2/c14-11-2-1-3-12(9-11)15-13(16)8-10-4-6-17-7-5-10/h1-3,9-10H,4-8H2,(H,15,16). The zero-order chi connectivity index (χ0) is 12.1. The number of carbonyl (C=O) groups excluding carboxylic acids is 1. The largest absolute Gasteiger partial charge is 0.381 e. The van der Waals surface area contributed by atoms with Crippen LogP contribution in [0.2, 0.25) is 0 Å². The van der Waals surface area contributed by atoms with Gasteiger partial charge in [0.15, 0.2) is 0 Å². The van der Waals surface area contributed by atoms with Gasteiger partial charge in [0.2, 0.25) is 5.91 Å². The molecule has 1 fully saturated rings. The zero-order valence-corrected chi connectivity index (χ0v) is 9.62. The van der Waals surface area contributed by atoms with E-state index in [4.69, 9.17) is 4.74 Å². The van der Waals surface area contributed by atoms with Crippen molar-refractivity contribution in [2.45, 2.75) is 19.3 Å². The van der Waals surface area contributed by atoms with E-state index in [0.29, 0.717) is 18.0 Å². The van der Waals surface area contributed by atoms with Crippen LogP contribution < -0.4 is 5.32 Å². The SMILES string of the molecule is O=C(CC1CCOCC1)Nc1cccc(F)c1. The highest BCUT2D eigenvalue weighted by Crippen LogP contribution is 2.19. The number of hydrogen-bond donors (Lipinski definition) is 1. The van der Waals surface area contributed by atoms with Gasteiger partial charge in [0.25, 0.3) is 0 Å². The Labute approximate surface area is 100.0 Å². The van der Waals surface area contributed by atoms with Crippen LogP contribution in [0.25, 0.3) is 0 Å². The molecule has 0 unspecified atom stereocenters. The predicted octanol–water partition coefficient (Wildman–Crippen LogP) is 2.58. The second kappa shape index (κ2) is 5.77. The van der Waals surface area contributed by atoms with E-state index in [2.05, 4.69) is 5.32 Å². The van der Waals surface area contributed by atoms with Crippen LogP contribution in [-0.2, 0) is 9.53 Å². The Bertz CT molecular complexity index is 389. The molecular weight excluding hydrogens is 221 g/mol. The summed E-state index contributed by atoms with van der Waals surface area (Å²) in [6.45, 7) is 1.47. The summed E-state index contributed by atoms with van der Waals surface area (Å²) < 4.78 is 18.1. The van der Waals surface area contributed by atoms with Crippen molar-refractivity contribution in [2.75, 3.05) is 18.5 Å². The molecule has 4 heteroatoms. The van der Waals surface area contributed by atoms with Crippen molar-refractivity contribution in [3.05, 3.63) is 30.1 Å². The fourth-order valence-corrected chi connectivity index (χ4v) is 1.99. The summed E-state index contributed by atoms with van der Waals surface area (Å²) >= 11 is 0. The summed E-state index contributed by atoms with van der Waals surface area (Å²) in [5, 5.41) is 2.71. The van der Waals surface area contributed by atoms with Gasteiger partial charge < -0.3 is 10.1 Å². The van der Waals surface area contributed by atoms with E-state index >= 15 is 0 Å². The van der Waals surface area contributed by atoms with Gasteiger partial charge in [0.05, 0.1) is 0 Å². The van der Waals surface area contributed by atoms with Gasteiger partial charge in [-0.25, -0.2) is 4.39 Å². The number of benzene rings is 1. The first-order chi connectivity index (χ1) is 8.24. The Hall–Kier alpha value is -1.42. The molecule has 1 saturated heterocycles. The van der Waals surface area contributed by atoms with E-state index in [1.54, 1.807) is 12.1 Å². The molecule has 0 aliphatic carbocycles. The highest BCUT2D eigenvalue weighted by Gasteiger charge is 2.17. The van der Waals surface area contributed by atoms with Gasteiger partial charge in [-0.15, -0.1) is 0 Å². The van der Waals surface area contributed by atoms with Crippen LogP contribution in [0.15, 0.2) is 24.3 Å². The van der Waals surface area contributed by atoms with Crippen molar-refractivity contribution >= 4 is 11.6 Å². The van der Waals surface area contributed by atoms with E-state index in [-0.39, 0.29) is 11.7 Å². The third-order valence-corrected chi connectivity index (χ3v) is 2.92. The van der Waals surface area contributed by atoms with Crippen LogP contribution in [0.1, 0.15) is 19.3 Å². The molecule has 2 rings (SSSR count). The molecule has 0 aromatic heterocycles. The van der Waals surface area contributed by atoms with Crippen molar-refractivity contribution in [3.8, 4) is 0 Å². The molecule has 1 aliphatic heterocycles. The molecule has 1 aromatic carbocycles. The molecule has 1 N–H and O–H groups in total. The number of ether oxygens (including phenoxy) is 1. The maximum atomic E-state index is 12.9. The lowest BCUT2D eigenvalue weighted by molar-refractivity contribution is -0.117. The second-order valence-corrected chi connectivity index (χ2v) is 4.32. The van der Waals surface area contributed by atoms with E-state index in [9.17, 15) is 9.18 Å². The summed E-state index contributed by atoms with van der Waals surface area (Å²) in [7, 11) is 0. The van der Waals surface area contributed by atoms with E-state index in [0.717, 1.165) is 26.1 Å². The van der Waals surface area contributed by atoms with Crippen molar-refractivity contribution in [1.82, 2.24) is 0 Å². The Balaban J connectivity index is 1.84. The first kappa shape index (κ1) is 12.0. The van der Waals surface area contributed by atoms with Crippen LogP contribution in [0.3, 0.4) is 0 Å². The van der Waals surface area contributed by atoms with Crippen molar-refractivity contribution in [1.29, 1.82) is 0 Å². The number of amides is 1. The smallest absolute Gasteiger partial charge is 0.224 e. The van der Waals surface area contributed by atoms with Crippen LogP contribution >= 0.6 is 0 Å². The average molecular weight is 237 g/mol. The number of carbonyl (C=O) groups is 1. The first-order valence-electron chi connectivity index (χ1n) is 5.87. The number of nitrogens with one attached hydrogen (secondary N) is 1. The number of rotatable bonds is 3. The Morgan fingerprint density at radius 2 is 2.18 bits per heavy atom. The molecule has 17 heavy (non-hydrogen) atoms. The summed E-state index contributed by atoms with van der Waals surface area (Å²) in [5.41, 5.74) is 0.516. The average Bonchev–Trinajstić information content (AvgIpc) is 2.30. The molecule has 1 amide bonds. The summed E-state index contributed by atoms with van der Waals surface area (Å²) in [6, 6.07) is 5.94. The zero-order valence-electron chi connectivity index (χ0n) is 9.62. The number of hydrogen-bond acceptors (Lipinski definition) is 2. The molecule has 0 radical (unpaired) electrons. The highest BCUT2D eigenvalue weighted by atomic mass is 19.1. The molecule has 3 nitrogen and oxygen atoms in total. The van der Waals surface area contributed by atoms with Gasteiger partial charge in [-0.3, -0.25) is 4.79 Å². The highest BCUT2D eigenvalue weighted by molar-refractivity contribution is 5.90. The fourth-order valence-electron chi connectivity index (χ4n) is 1.99. The molecule has 1 heterocycles. The van der Waals surface area contributed by atoms with E-state index < -0.39 is 0 Å². The van der Waals surface area contributed by atoms with Gasteiger partial charge in [0, 0.05) is 25.3 Å². The Kier molecular flexibility index (Phi) is 4.09. The minimum atomic E-state index is -0.339. The molecule has 0 atom stereocenters. The third-order valence-electron chi connectivity index (χ3n) is 2.92. The van der Waals surface area contributed by atoms with Gasteiger partial charge in [-0.1, -0.05) is 6.07 Å². The van der Waals surface area contributed by atoms with Crippen molar-refractivity contribution in [2.24, 2.45) is 5.92 Å². The van der Waals surface area contributed by atoms with Gasteiger partial charge in [0.1, 0.15) is 5.82 Å². The molecule has 1 aliphatic rings. The maximum absolute atomic E-state index is 12.9. The molecule has 0 spiro atoms. The number of anilines is 1. The third kappa shape index (κ3) is 3.82. The van der Waals surface area contributed by atoms with E-state index in [1.165, 1.54) is 12.1 Å². The first-order valence-corrected chi connectivity index (χ1v) is 5.87. The maximum Gasteiger partial charge on any atom is 0.224 e. The fraction of sp³-hybridized carbons (Fsp3) is 0.462. The van der Waals surface area contributed by atoms with Crippen LogP contribution in [0.4, 0.5) is 10.1 Å². The summed E-state index contributed by atoms with van der Waals surface area (Å²) in [4.78, 5) is 11.7. The lowest BCUT2D eigenvalue weighted by atomic mass is 9.96. The quantitative estimate of drug-likeness (QED) is 0.877. The van der Waals surface area contributed by atoms with Crippen molar-refractivity contribution < 1.29 is 13.9 Å². The van der Waals surface area contributed by atoms with Crippen LogP contribution in [0, 0.1) is 11.7 Å². The molecule has 1 aromatic rings. The summed E-state index contributed by atoms with van der Waals surface area (Å²) in [5.74, 6) is -0.00586. The summed E-state index contributed by atoms with van der Waals surface area (Å²) in [6.07, 6.45) is 2.34. The Morgan fingerprint density at radius 1 is 1.41 bits per heavy atom. The normalized spacial score (nSPS) is 16.8. The molecule has 92 valence electrons. The predicted molar refractivity (Wildman–Crippen MR) is 63.2 cm³/mol. The number of halogens is 1. The van der Waals surface area contributed by atoms with Crippen molar-refractivity contribution in [3.63, 3.8) is 0 Å². The monoisotopic (exact) mass is 237 g/mol. The van der Waals surface area contributed by atoms with Gasteiger partial charge >= 0.3 is 0 Å². The second-order valence-electron chi connectivity index (χ2n) is 4.32. The van der Waals surface area contributed by atoms with Gasteiger partial charge in [-0.05, 0) is 37.0 Å². The molecular formula is C13H16FNO2. The lowest BCUT2D eigenvalue weighted by Gasteiger charge is -2.21. The topological polar surface area (TPSA) is 38.3 Å². The molecule has 0 saturated carbocycles. The minimum absolute atomic E-state index is 0.0532. The van der Waals surface area contributed by atoms with Gasteiger partial charge in [-0.2, -0.15) is 0 Å². The van der Waals surface area contributed by atoms with Crippen LogP contribution in [-0.4, -0.2) is 19.1 Å². The Morgan fingerprint density at radius 3 is 2.88 bits per heavy atom. The minimum Gasteiger partial charge on any atom is -0.381 e. The lowest BCUT2D eigenvalue weighted by Crippen LogP contribution is -2.22. The van der Waals surface area contributed by atoms with Crippen LogP contribution in [0.5, 0.6) is 0 Å².